The number of methoxy groups -OCH3 is 2. The predicted octanol–water partition coefficient (Wildman–Crippen LogP) is 5.87. The molecule has 4 aromatic rings. The third-order valence-electron chi connectivity index (χ3n) is 7.18. The van der Waals surface area contributed by atoms with Crippen molar-refractivity contribution in [3.05, 3.63) is 127 Å². The van der Waals surface area contributed by atoms with Crippen LogP contribution in [0.25, 0.3) is 0 Å². The van der Waals surface area contributed by atoms with Gasteiger partial charge >= 0.3 is 0 Å². The summed E-state index contributed by atoms with van der Waals surface area (Å²) in [6.45, 7) is 1.30. The zero-order valence-corrected chi connectivity index (χ0v) is 29.9. The van der Waals surface area contributed by atoms with E-state index in [9.17, 15) is 14.4 Å². The van der Waals surface area contributed by atoms with E-state index in [1.165, 1.54) is 4.90 Å². The molecule has 0 aliphatic carbocycles. The highest BCUT2D eigenvalue weighted by Crippen LogP contribution is 2.24. The molecule has 248 valence electrons. The second-order valence-electron chi connectivity index (χ2n) is 10.5. The topological polar surface area (TPSA) is 117 Å². The van der Waals surface area contributed by atoms with Crippen LogP contribution in [0.3, 0.4) is 0 Å². The third-order valence-corrected chi connectivity index (χ3v) is 8.16. The highest BCUT2D eigenvalue weighted by Gasteiger charge is 2.21. The molecule has 0 heterocycles. The highest BCUT2D eigenvalue weighted by molar-refractivity contribution is 9.10. The highest BCUT2D eigenvalue weighted by atomic mass is 79.9. The molecule has 0 saturated heterocycles. The molecule has 0 spiro atoms. The largest absolute Gasteiger partial charge is 0.497 e. The smallest absolute Gasteiger partial charge is 0.254 e. The number of carbonyl (C=O) groups excluding carboxylic acids is 3. The van der Waals surface area contributed by atoms with Gasteiger partial charge in [-0.1, -0.05) is 31.9 Å². The minimum Gasteiger partial charge on any atom is -0.497 e. The number of rotatable bonds is 13. The number of hydrogen-bond acceptors (Lipinski definition) is 8. The minimum absolute atomic E-state index is 0.0208. The van der Waals surface area contributed by atoms with E-state index in [2.05, 4.69) is 31.9 Å². The molecule has 4 aromatic carbocycles. The van der Waals surface area contributed by atoms with Gasteiger partial charge in [-0.2, -0.15) is 0 Å². The first-order valence-electron chi connectivity index (χ1n) is 14.6. The fourth-order valence-electron chi connectivity index (χ4n) is 4.60. The van der Waals surface area contributed by atoms with Crippen LogP contribution in [0.1, 0.15) is 47.8 Å². The molecule has 11 heteroatoms. The Morgan fingerprint density at radius 1 is 0.638 bits per heavy atom. The van der Waals surface area contributed by atoms with E-state index < -0.39 is 0 Å². The maximum Gasteiger partial charge on any atom is 0.254 e. The molecule has 0 aromatic heterocycles. The van der Waals surface area contributed by atoms with Crippen molar-refractivity contribution < 1.29 is 34.1 Å². The van der Waals surface area contributed by atoms with Gasteiger partial charge in [-0.25, -0.2) is 0 Å². The Morgan fingerprint density at radius 2 is 1.11 bits per heavy atom. The van der Waals surface area contributed by atoms with Crippen molar-refractivity contribution in [2.75, 3.05) is 54.6 Å². The normalized spacial score (nSPS) is 10.6. The molecule has 47 heavy (non-hydrogen) atoms. The van der Waals surface area contributed by atoms with Gasteiger partial charge in [0.2, 0.25) is 0 Å². The summed E-state index contributed by atoms with van der Waals surface area (Å²) in [6.07, 6.45) is 0. The molecule has 1 amide bonds. The standard InChI is InChI=1S/C18H18BrNO4.C18H20BrNO3/c1-20(9-10-21)18(23)16-11-13(19)5-8-15(16)17(22)12-3-6-14(24-2)7-4-12;1-20(9-10-21)12-14-11-15(19)5-8-17(14)18(22)13-3-6-16(23-2)7-4-13/h3-8,11,21H,9-10H2,1-2H3;3-8,11,21H,9-10,12H2,1-2H3. The first kappa shape index (κ1) is 37.6. The second-order valence-corrected chi connectivity index (χ2v) is 12.3. The quantitative estimate of drug-likeness (QED) is 0.163. The summed E-state index contributed by atoms with van der Waals surface area (Å²) < 4.78 is 11.8. The molecule has 0 aliphatic rings. The van der Waals surface area contributed by atoms with Gasteiger partial charge in [0.15, 0.2) is 11.6 Å². The molecule has 9 nitrogen and oxygen atoms in total. The molecule has 0 atom stereocenters. The molecular formula is C36H38Br2N2O7. The number of ether oxygens (including phenoxy) is 2. The second kappa shape index (κ2) is 18.5. The zero-order valence-electron chi connectivity index (χ0n) is 26.7. The van der Waals surface area contributed by atoms with Crippen molar-refractivity contribution >= 4 is 49.3 Å². The van der Waals surface area contributed by atoms with Crippen LogP contribution in [-0.4, -0.2) is 92.1 Å². The Bertz CT molecular complexity index is 1660. The van der Waals surface area contributed by atoms with Crippen molar-refractivity contribution in [1.82, 2.24) is 9.80 Å². The van der Waals surface area contributed by atoms with Crippen LogP contribution in [-0.2, 0) is 6.54 Å². The van der Waals surface area contributed by atoms with Crippen LogP contribution in [0.15, 0.2) is 93.9 Å². The molecule has 0 bridgehead atoms. The Labute approximate surface area is 292 Å². The minimum atomic E-state index is -0.317. The lowest BCUT2D eigenvalue weighted by atomic mass is 9.97. The number of ketones is 2. The fraction of sp³-hybridized carbons (Fsp3) is 0.250. The van der Waals surface area contributed by atoms with Gasteiger partial charge in [-0.3, -0.25) is 19.3 Å². The fourth-order valence-corrected chi connectivity index (χ4v) is 5.37. The number of amides is 1. The number of aliphatic hydroxyl groups is 2. The summed E-state index contributed by atoms with van der Waals surface area (Å²) in [4.78, 5) is 41.5. The van der Waals surface area contributed by atoms with Crippen molar-refractivity contribution in [2.45, 2.75) is 6.54 Å². The Hall–Kier alpha value is -3.87. The Kier molecular flexibility index (Phi) is 14.8. The van der Waals surface area contributed by atoms with Gasteiger partial charge in [0.25, 0.3) is 5.91 Å². The van der Waals surface area contributed by atoms with Crippen LogP contribution in [0.5, 0.6) is 11.5 Å². The van der Waals surface area contributed by atoms with Crippen LogP contribution >= 0.6 is 31.9 Å². The first-order valence-corrected chi connectivity index (χ1v) is 16.2. The van der Waals surface area contributed by atoms with Crippen molar-refractivity contribution in [2.24, 2.45) is 0 Å². The van der Waals surface area contributed by atoms with E-state index in [0.29, 0.717) is 51.1 Å². The van der Waals surface area contributed by atoms with Gasteiger partial charge < -0.3 is 24.6 Å². The maximum absolute atomic E-state index is 12.8. The summed E-state index contributed by atoms with van der Waals surface area (Å²) >= 11 is 6.78. The van der Waals surface area contributed by atoms with E-state index in [0.717, 1.165) is 15.8 Å². The molecule has 0 saturated carbocycles. The predicted molar refractivity (Wildman–Crippen MR) is 189 cm³/mol. The lowest BCUT2D eigenvalue weighted by Crippen LogP contribution is -2.30. The molecular weight excluding hydrogens is 732 g/mol. The van der Waals surface area contributed by atoms with Crippen molar-refractivity contribution in [3.63, 3.8) is 0 Å². The Balaban J connectivity index is 0.000000256. The number of nitrogens with zero attached hydrogens (tertiary/aromatic N) is 2. The summed E-state index contributed by atoms with van der Waals surface area (Å²) in [7, 11) is 6.65. The van der Waals surface area contributed by atoms with Crippen LogP contribution in [0.2, 0.25) is 0 Å². The SMILES string of the molecule is COc1ccc(C(=O)c2ccc(Br)cc2C(=O)N(C)CCO)cc1.COc1ccc(C(=O)c2ccc(Br)cc2CN(C)CCO)cc1. The van der Waals surface area contributed by atoms with Gasteiger partial charge in [0, 0.05) is 57.9 Å². The number of benzene rings is 4. The molecule has 2 N–H and O–H groups in total. The molecule has 4 rings (SSSR count). The van der Waals surface area contributed by atoms with Crippen LogP contribution in [0, 0.1) is 0 Å². The van der Waals surface area contributed by atoms with Gasteiger partial charge in [0.1, 0.15) is 11.5 Å². The zero-order chi connectivity index (χ0) is 34.5. The van der Waals surface area contributed by atoms with E-state index >= 15 is 0 Å². The number of likely N-dealkylation sites (N-methyl/N-ethyl adjacent to an activating group) is 2. The maximum atomic E-state index is 12.8. The first-order chi connectivity index (χ1) is 22.5. The monoisotopic (exact) mass is 768 g/mol. The van der Waals surface area contributed by atoms with Crippen molar-refractivity contribution in [3.8, 4) is 11.5 Å². The van der Waals surface area contributed by atoms with Crippen LogP contribution in [0.4, 0.5) is 0 Å². The average Bonchev–Trinajstić information content (AvgIpc) is 3.08. The Morgan fingerprint density at radius 3 is 1.60 bits per heavy atom. The van der Waals surface area contributed by atoms with Gasteiger partial charge in [-0.15, -0.1) is 0 Å². The van der Waals surface area contributed by atoms with E-state index in [1.807, 2.05) is 30.1 Å². The van der Waals surface area contributed by atoms with Crippen LogP contribution < -0.4 is 9.47 Å². The molecule has 0 radical (unpaired) electrons. The molecule has 0 fully saturated rings. The van der Waals surface area contributed by atoms with E-state index in [4.69, 9.17) is 19.7 Å². The lowest BCUT2D eigenvalue weighted by molar-refractivity contribution is 0.0762. The number of halogens is 2. The third kappa shape index (κ3) is 10.6. The summed E-state index contributed by atoms with van der Waals surface area (Å²) in [6, 6.07) is 24.4. The number of carbonyl (C=O) groups is 3. The van der Waals surface area contributed by atoms with E-state index in [1.54, 1.807) is 88.0 Å². The lowest BCUT2D eigenvalue weighted by Gasteiger charge is -2.18. The number of aliphatic hydroxyl groups excluding tert-OH is 2. The average molecular weight is 771 g/mol. The van der Waals surface area contributed by atoms with Gasteiger partial charge in [-0.05, 0) is 97.5 Å². The summed E-state index contributed by atoms with van der Waals surface area (Å²) in [5.74, 6) is 0.794. The van der Waals surface area contributed by atoms with Crippen molar-refractivity contribution in [1.29, 1.82) is 0 Å². The molecule has 0 unspecified atom stereocenters. The summed E-state index contributed by atoms with van der Waals surface area (Å²) in [5, 5.41) is 18.1. The number of hydrogen-bond donors (Lipinski definition) is 2. The molecule has 0 aliphatic heterocycles. The summed E-state index contributed by atoms with van der Waals surface area (Å²) in [5.41, 5.74) is 3.30. The van der Waals surface area contributed by atoms with E-state index in [-0.39, 0.29) is 37.2 Å². The van der Waals surface area contributed by atoms with Gasteiger partial charge in [0.05, 0.1) is 33.0 Å².